The number of hydrogen-bond acceptors (Lipinski definition) is 5. The number of carboxylic acid groups (broad SMARTS) is 1. The normalized spacial score (nSPS) is 13.0. The van der Waals surface area contributed by atoms with E-state index in [-0.39, 0.29) is 22.8 Å². The van der Waals surface area contributed by atoms with E-state index in [0.29, 0.717) is 30.4 Å². The van der Waals surface area contributed by atoms with E-state index in [1.54, 1.807) is 6.92 Å². The van der Waals surface area contributed by atoms with Crippen LogP contribution < -0.4 is 4.31 Å². The van der Waals surface area contributed by atoms with Gasteiger partial charge in [0.1, 0.15) is 12.4 Å². The molecule has 0 aliphatic heterocycles. The predicted molar refractivity (Wildman–Crippen MR) is 103 cm³/mol. The lowest BCUT2D eigenvalue weighted by molar-refractivity contribution is -0.141. The zero-order valence-electron chi connectivity index (χ0n) is 15.7. The molecule has 1 aliphatic rings. The third-order valence-corrected chi connectivity index (χ3v) is 6.52. The molecule has 0 fully saturated rings. The summed E-state index contributed by atoms with van der Waals surface area (Å²) >= 11 is 0. The largest absolute Gasteiger partial charge is 0.478 e. The van der Waals surface area contributed by atoms with E-state index in [9.17, 15) is 27.5 Å². The Bertz CT molecular complexity index is 1050. The van der Waals surface area contributed by atoms with Crippen molar-refractivity contribution in [2.45, 2.75) is 31.1 Å². The number of carbonyl (C=O) groups is 2. The van der Waals surface area contributed by atoms with Gasteiger partial charge in [-0.05, 0) is 73.7 Å². The van der Waals surface area contributed by atoms with Crippen molar-refractivity contribution >= 4 is 27.6 Å². The lowest BCUT2D eigenvalue weighted by Gasteiger charge is -2.25. The van der Waals surface area contributed by atoms with Crippen molar-refractivity contribution < 1.29 is 32.2 Å². The number of hydrogen-bond donors (Lipinski definition) is 1. The Labute approximate surface area is 167 Å². The number of benzene rings is 2. The molecule has 7 nitrogen and oxygen atoms in total. The van der Waals surface area contributed by atoms with Gasteiger partial charge in [0, 0.05) is 0 Å². The maximum Gasteiger partial charge on any atom is 0.335 e. The number of nitrogens with zero attached hydrogens (tertiary/aromatic N) is 1. The summed E-state index contributed by atoms with van der Waals surface area (Å²) in [6, 6.07) is 7.25. The van der Waals surface area contributed by atoms with Crippen LogP contribution in [0.5, 0.6) is 0 Å². The van der Waals surface area contributed by atoms with Crippen molar-refractivity contribution in [3.8, 4) is 0 Å². The van der Waals surface area contributed by atoms with E-state index >= 15 is 0 Å². The fraction of sp³-hybridized carbons (Fsp3) is 0.300. The molecule has 0 bridgehead atoms. The second-order valence-electron chi connectivity index (χ2n) is 6.56. The third kappa shape index (κ3) is 4.24. The van der Waals surface area contributed by atoms with Gasteiger partial charge in [-0.25, -0.2) is 17.6 Å². The zero-order valence-corrected chi connectivity index (χ0v) is 16.5. The number of carbonyl (C=O) groups excluding carboxylic acids is 1. The molecule has 9 heteroatoms. The van der Waals surface area contributed by atoms with Crippen molar-refractivity contribution in [3.05, 3.63) is 58.9 Å². The van der Waals surface area contributed by atoms with Crippen molar-refractivity contribution in [2.75, 3.05) is 17.5 Å². The first kappa shape index (κ1) is 20.8. The minimum atomic E-state index is -4.31. The maximum absolute atomic E-state index is 13.5. The molecule has 0 unspecified atom stereocenters. The molecule has 0 saturated heterocycles. The lowest BCUT2D eigenvalue weighted by atomic mass is 10.1. The average Bonchev–Trinajstić information content (AvgIpc) is 3.14. The van der Waals surface area contributed by atoms with Crippen LogP contribution in [0.1, 0.15) is 34.8 Å². The molecule has 154 valence electrons. The average molecular weight is 421 g/mol. The number of carboxylic acids is 1. The van der Waals surface area contributed by atoms with Gasteiger partial charge in [-0.1, -0.05) is 0 Å². The molecule has 0 spiro atoms. The van der Waals surface area contributed by atoms with Crippen molar-refractivity contribution in [1.82, 2.24) is 0 Å². The Morgan fingerprint density at radius 1 is 1.17 bits per heavy atom. The van der Waals surface area contributed by atoms with Crippen LogP contribution in [0.25, 0.3) is 0 Å². The molecule has 0 radical (unpaired) electrons. The molecular weight excluding hydrogens is 401 g/mol. The highest BCUT2D eigenvalue weighted by Gasteiger charge is 2.33. The Hall–Kier alpha value is -2.94. The molecule has 3 rings (SSSR count). The van der Waals surface area contributed by atoms with Crippen LogP contribution >= 0.6 is 0 Å². The van der Waals surface area contributed by atoms with Crippen LogP contribution in [0.3, 0.4) is 0 Å². The van der Waals surface area contributed by atoms with E-state index < -0.39 is 34.3 Å². The summed E-state index contributed by atoms with van der Waals surface area (Å²) in [5.74, 6) is -2.57. The predicted octanol–water partition coefficient (Wildman–Crippen LogP) is 2.77. The standard InChI is InChI=1S/C20H20FNO6S/c1-2-28-19(23)12-22(16-8-6-15(21)7-9-16)29(26,27)18-11-14(20(24)25)10-13-4-3-5-17(13)18/h6-11H,2-5,12H2,1H3,(H,24,25). The minimum absolute atomic E-state index is 0.0695. The van der Waals surface area contributed by atoms with Crippen LogP contribution in [0.2, 0.25) is 0 Å². The van der Waals surface area contributed by atoms with Gasteiger partial charge in [0.2, 0.25) is 0 Å². The van der Waals surface area contributed by atoms with Crippen LogP contribution in [-0.2, 0) is 32.4 Å². The Morgan fingerprint density at radius 3 is 2.48 bits per heavy atom. The summed E-state index contributed by atoms with van der Waals surface area (Å²) in [6.07, 6.45) is 1.77. The number of sulfonamides is 1. The number of fused-ring (bicyclic) bond motifs is 1. The van der Waals surface area contributed by atoms with Gasteiger partial charge in [-0.2, -0.15) is 0 Å². The minimum Gasteiger partial charge on any atom is -0.478 e. The summed E-state index contributed by atoms with van der Waals surface area (Å²) in [5, 5.41) is 9.38. The molecule has 1 aliphatic carbocycles. The number of ether oxygens (including phenoxy) is 1. The van der Waals surface area contributed by atoms with Crippen molar-refractivity contribution in [3.63, 3.8) is 0 Å². The molecule has 0 aromatic heterocycles. The number of aryl methyl sites for hydroxylation is 1. The van der Waals surface area contributed by atoms with Gasteiger partial charge in [0.25, 0.3) is 10.0 Å². The van der Waals surface area contributed by atoms with Gasteiger partial charge in [0.05, 0.1) is 22.8 Å². The highest BCUT2D eigenvalue weighted by Crippen LogP contribution is 2.33. The Kier molecular flexibility index (Phi) is 5.88. The second kappa shape index (κ2) is 8.20. The summed E-state index contributed by atoms with van der Waals surface area (Å²) in [7, 11) is -4.31. The summed E-state index contributed by atoms with van der Waals surface area (Å²) in [6.45, 7) is 1.05. The first-order valence-corrected chi connectivity index (χ1v) is 10.5. The fourth-order valence-corrected chi connectivity index (χ4v) is 5.12. The van der Waals surface area contributed by atoms with Crippen LogP contribution in [0.4, 0.5) is 10.1 Å². The van der Waals surface area contributed by atoms with Gasteiger partial charge in [-0.15, -0.1) is 0 Å². The molecule has 0 amide bonds. The number of rotatable bonds is 7. The van der Waals surface area contributed by atoms with E-state index in [1.165, 1.54) is 18.2 Å². The molecule has 2 aromatic carbocycles. The van der Waals surface area contributed by atoms with Crippen molar-refractivity contribution in [1.29, 1.82) is 0 Å². The maximum atomic E-state index is 13.5. The first-order valence-electron chi connectivity index (χ1n) is 9.07. The Balaban J connectivity index is 2.15. The topological polar surface area (TPSA) is 101 Å². The SMILES string of the molecule is CCOC(=O)CN(c1ccc(F)cc1)S(=O)(=O)c1cc(C(=O)O)cc2c1CCC2. The molecule has 1 N–H and O–H groups in total. The quantitative estimate of drug-likeness (QED) is 0.690. The number of anilines is 1. The van der Waals surface area contributed by atoms with Gasteiger partial charge < -0.3 is 9.84 Å². The van der Waals surface area contributed by atoms with Crippen LogP contribution in [-0.4, -0.2) is 38.6 Å². The van der Waals surface area contributed by atoms with Crippen molar-refractivity contribution in [2.24, 2.45) is 0 Å². The highest BCUT2D eigenvalue weighted by atomic mass is 32.2. The van der Waals surface area contributed by atoms with E-state index in [4.69, 9.17) is 4.74 Å². The summed E-state index contributed by atoms with van der Waals surface area (Å²) in [5.41, 5.74) is 1.15. The fourth-order valence-electron chi connectivity index (χ4n) is 3.38. The van der Waals surface area contributed by atoms with E-state index in [2.05, 4.69) is 0 Å². The highest BCUT2D eigenvalue weighted by molar-refractivity contribution is 7.93. The van der Waals surface area contributed by atoms with Gasteiger partial charge in [0.15, 0.2) is 0 Å². The number of aromatic carboxylic acids is 1. The van der Waals surface area contributed by atoms with Gasteiger partial charge in [-0.3, -0.25) is 9.10 Å². The van der Waals surface area contributed by atoms with Crippen LogP contribution in [0.15, 0.2) is 41.3 Å². The van der Waals surface area contributed by atoms with Crippen LogP contribution in [0, 0.1) is 5.82 Å². The van der Waals surface area contributed by atoms with E-state index in [0.717, 1.165) is 22.5 Å². The smallest absolute Gasteiger partial charge is 0.335 e. The Morgan fingerprint density at radius 2 is 1.86 bits per heavy atom. The molecule has 29 heavy (non-hydrogen) atoms. The molecule has 0 saturated carbocycles. The van der Waals surface area contributed by atoms with E-state index in [1.807, 2.05) is 0 Å². The summed E-state index contributed by atoms with van der Waals surface area (Å²) < 4.78 is 46.1. The molecule has 0 atom stereocenters. The third-order valence-electron chi connectivity index (χ3n) is 4.68. The lowest BCUT2D eigenvalue weighted by Crippen LogP contribution is -2.37. The monoisotopic (exact) mass is 421 g/mol. The molecular formula is C20H20FNO6S. The first-order chi connectivity index (χ1) is 13.7. The van der Waals surface area contributed by atoms with Gasteiger partial charge >= 0.3 is 11.9 Å². The second-order valence-corrected chi connectivity index (χ2v) is 8.39. The number of esters is 1. The summed E-state index contributed by atoms with van der Waals surface area (Å²) in [4.78, 5) is 23.4. The number of halogens is 1. The molecule has 2 aromatic rings. The zero-order chi connectivity index (χ0) is 21.2. The molecule has 0 heterocycles.